The van der Waals surface area contributed by atoms with Crippen molar-refractivity contribution < 1.29 is 13.7 Å². The second kappa shape index (κ2) is 2.98. The molecular formula is C11H20BFO2. The Hall–Kier alpha value is -0.0851. The molecule has 0 spiro atoms. The summed E-state index contributed by atoms with van der Waals surface area (Å²) in [5, 5.41) is 0. The van der Waals surface area contributed by atoms with Gasteiger partial charge in [-0.3, -0.25) is 0 Å². The molecule has 2 rings (SSSR count). The number of hydrogen-bond acceptors (Lipinski definition) is 2. The van der Waals surface area contributed by atoms with E-state index in [1.807, 2.05) is 34.6 Å². The van der Waals surface area contributed by atoms with Crippen LogP contribution in [0.3, 0.4) is 0 Å². The summed E-state index contributed by atoms with van der Waals surface area (Å²) < 4.78 is 24.8. The number of alkyl halides is 1. The molecule has 0 aromatic carbocycles. The van der Waals surface area contributed by atoms with Gasteiger partial charge in [0.1, 0.15) is 6.17 Å². The van der Waals surface area contributed by atoms with Gasteiger partial charge >= 0.3 is 7.12 Å². The van der Waals surface area contributed by atoms with Gasteiger partial charge in [-0.25, -0.2) is 4.39 Å². The summed E-state index contributed by atoms with van der Waals surface area (Å²) in [5.74, 6) is 0. The van der Waals surface area contributed by atoms with Crippen molar-refractivity contribution in [1.29, 1.82) is 0 Å². The molecule has 0 bridgehead atoms. The minimum absolute atomic E-state index is 0.207. The Balaban J connectivity index is 1.98. The Labute approximate surface area is 91.7 Å². The first-order valence-electron chi connectivity index (χ1n) is 5.66. The molecule has 2 atom stereocenters. The van der Waals surface area contributed by atoms with E-state index in [4.69, 9.17) is 9.31 Å². The Morgan fingerprint density at radius 1 is 1.13 bits per heavy atom. The fourth-order valence-electron chi connectivity index (χ4n) is 1.99. The van der Waals surface area contributed by atoms with Crippen LogP contribution in [0.5, 0.6) is 0 Å². The van der Waals surface area contributed by atoms with E-state index in [1.165, 1.54) is 0 Å². The third-order valence-electron chi connectivity index (χ3n) is 4.18. The number of hydrogen-bond donors (Lipinski definition) is 0. The molecule has 1 saturated heterocycles. The highest BCUT2D eigenvalue weighted by molar-refractivity contribution is 6.45. The van der Waals surface area contributed by atoms with E-state index in [1.54, 1.807) is 0 Å². The van der Waals surface area contributed by atoms with Crippen molar-refractivity contribution in [2.24, 2.45) is 5.41 Å². The molecule has 0 radical (unpaired) electrons. The fourth-order valence-corrected chi connectivity index (χ4v) is 1.99. The maximum Gasteiger partial charge on any atom is 0.458 e. The predicted molar refractivity (Wildman–Crippen MR) is 58.5 cm³/mol. The summed E-state index contributed by atoms with van der Waals surface area (Å²) in [6.07, 6.45) is 0.648. The Morgan fingerprint density at radius 2 is 1.53 bits per heavy atom. The lowest BCUT2D eigenvalue weighted by Crippen LogP contribution is -2.41. The third-order valence-corrected chi connectivity index (χ3v) is 4.18. The van der Waals surface area contributed by atoms with Crippen LogP contribution in [0.2, 0.25) is 6.32 Å². The Kier molecular flexibility index (Phi) is 2.26. The molecule has 15 heavy (non-hydrogen) atoms. The normalized spacial score (nSPS) is 42.0. The summed E-state index contributed by atoms with van der Waals surface area (Å²) >= 11 is 0. The predicted octanol–water partition coefficient (Wildman–Crippen LogP) is 2.83. The summed E-state index contributed by atoms with van der Waals surface area (Å²) in [6.45, 7) is 10.1. The van der Waals surface area contributed by atoms with Crippen molar-refractivity contribution in [2.75, 3.05) is 0 Å². The van der Waals surface area contributed by atoms with Crippen LogP contribution < -0.4 is 0 Å². The van der Waals surface area contributed by atoms with Crippen LogP contribution in [0.1, 0.15) is 41.0 Å². The van der Waals surface area contributed by atoms with Gasteiger partial charge in [-0.1, -0.05) is 6.92 Å². The summed E-state index contributed by atoms with van der Waals surface area (Å²) in [5.41, 5.74) is -0.801. The zero-order valence-corrected chi connectivity index (χ0v) is 10.3. The van der Waals surface area contributed by atoms with Crippen molar-refractivity contribution in [3.63, 3.8) is 0 Å². The second-order valence-corrected chi connectivity index (χ2v) is 6.22. The van der Waals surface area contributed by atoms with E-state index in [0.717, 1.165) is 0 Å². The van der Waals surface area contributed by atoms with Gasteiger partial charge in [0.25, 0.3) is 0 Å². The standard InChI is InChI=1S/C11H20BFO2/c1-9(2)10(3,4)15-12(14-9)7-11(5)6-8(11)13/h8H,6-7H2,1-5H3/t8-,11?/m1/s1. The number of rotatable bonds is 2. The van der Waals surface area contributed by atoms with Gasteiger partial charge in [0, 0.05) is 5.41 Å². The zero-order valence-electron chi connectivity index (χ0n) is 10.3. The molecule has 0 amide bonds. The molecule has 2 nitrogen and oxygen atoms in total. The molecule has 1 heterocycles. The molecule has 0 aromatic rings. The van der Waals surface area contributed by atoms with E-state index in [-0.39, 0.29) is 23.7 Å². The maximum atomic E-state index is 13.1. The van der Waals surface area contributed by atoms with Crippen molar-refractivity contribution >= 4 is 7.12 Å². The van der Waals surface area contributed by atoms with Crippen molar-refractivity contribution in [1.82, 2.24) is 0 Å². The largest absolute Gasteiger partial charge is 0.458 e. The fraction of sp³-hybridized carbons (Fsp3) is 1.00. The minimum Gasteiger partial charge on any atom is -0.403 e. The van der Waals surface area contributed by atoms with E-state index in [0.29, 0.717) is 12.7 Å². The van der Waals surface area contributed by atoms with E-state index >= 15 is 0 Å². The van der Waals surface area contributed by atoms with Crippen molar-refractivity contribution in [3.05, 3.63) is 0 Å². The lowest BCUT2D eigenvalue weighted by atomic mass is 9.76. The van der Waals surface area contributed by atoms with Gasteiger partial charge in [0.15, 0.2) is 0 Å². The molecular weight excluding hydrogens is 194 g/mol. The van der Waals surface area contributed by atoms with Crippen LogP contribution in [0, 0.1) is 5.41 Å². The zero-order chi connectivity index (χ0) is 11.5. The van der Waals surface area contributed by atoms with Gasteiger partial charge in [-0.15, -0.1) is 0 Å². The average Bonchev–Trinajstić information content (AvgIpc) is 2.47. The summed E-state index contributed by atoms with van der Waals surface area (Å²) in [6, 6.07) is 0. The highest BCUT2D eigenvalue weighted by Gasteiger charge is 2.58. The lowest BCUT2D eigenvalue weighted by molar-refractivity contribution is 0.00578. The molecule has 2 fully saturated rings. The molecule has 1 unspecified atom stereocenters. The first kappa shape index (κ1) is 11.4. The third kappa shape index (κ3) is 1.82. The molecule has 1 aliphatic carbocycles. The second-order valence-electron chi connectivity index (χ2n) is 6.22. The van der Waals surface area contributed by atoms with Gasteiger partial charge < -0.3 is 9.31 Å². The molecule has 4 heteroatoms. The molecule has 2 aliphatic rings. The molecule has 1 saturated carbocycles. The Bertz CT molecular complexity index is 264. The van der Waals surface area contributed by atoms with Crippen LogP contribution >= 0.6 is 0 Å². The highest BCUT2D eigenvalue weighted by atomic mass is 19.1. The van der Waals surface area contributed by atoms with Gasteiger partial charge in [0.05, 0.1) is 11.2 Å². The van der Waals surface area contributed by atoms with Crippen molar-refractivity contribution in [3.8, 4) is 0 Å². The van der Waals surface area contributed by atoms with Gasteiger partial charge in [0.2, 0.25) is 0 Å². The molecule has 0 N–H and O–H groups in total. The van der Waals surface area contributed by atoms with Gasteiger partial charge in [-0.2, -0.15) is 0 Å². The SMILES string of the molecule is CC1(CB2OC(C)(C)C(C)(C)O2)C[C@H]1F. The van der Waals surface area contributed by atoms with Crippen molar-refractivity contribution in [2.45, 2.75) is 64.7 Å². The number of halogens is 1. The van der Waals surface area contributed by atoms with Crippen LogP contribution in [0.15, 0.2) is 0 Å². The molecule has 0 aromatic heterocycles. The van der Waals surface area contributed by atoms with Crippen LogP contribution in [-0.2, 0) is 9.31 Å². The molecule has 1 aliphatic heterocycles. The van der Waals surface area contributed by atoms with Crippen LogP contribution in [-0.4, -0.2) is 24.5 Å². The lowest BCUT2D eigenvalue weighted by Gasteiger charge is -2.32. The minimum atomic E-state index is -0.670. The first-order chi connectivity index (χ1) is 6.66. The summed E-state index contributed by atoms with van der Waals surface area (Å²) in [7, 11) is -0.249. The quantitative estimate of drug-likeness (QED) is 0.658. The maximum absolute atomic E-state index is 13.1. The molecule has 86 valence electrons. The van der Waals surface area contributed by atoms with E-state index < -0.39 is 6.17 Å². The topological polar surface area (TPSA) is 18.5 Å². The average molecular weight is 214 g/mol. The van der Waals surface area contributed by atoms with Crippen LogP contribution in [0.25, 0.3) is 0 Å². The van der Waals surface area contributed by atoms with Gasteiger partial charge in [-0.05, 0) is 40.4 Å². The Morgan fingerprint density at radius 3 is 1.87 bits per heavy atom. The van der Waals surface area contributed by atoms with Crippen LogP contribution in [0.4, 0.5) is 4.39 Å². The highest BCUT2D eigenvalue weighted by Crippen LogP contribution is 2.54. The summed E-state index contributed by atoms with van der Waals surface area (Å²) in [4.78, 5) is 0. The first-order valence-corrected chi connectivity index (χ1v) is 5.66. The monoisotopic (exact) mass is 214 g/mol. The van der Waals surface area contributed by atoms with E-state index in [9.17, 15) is 4.39 Å². The van der Waals surface area contributed by atoms with E-state index in [2.05, 4.69) is 0 Å². The smallest absolute Gasteiger partial charge is 0.403 e.